The van der Waals surface area contributed by atoms with Gasteiger partial charge < -0.3 is 10.6 Å². The lowest BCUT2D eigenvalue weighted by Gasteiger charge is -2.22. The average molecular weight is 282 g/mol. The fourth-order valence-electron chi connectivity index (χ4n) is 2.33. The van der Waals surface area contributed by atoms with Gasteiger partial charge >= 0.3 is 0 Å². The molecule has 0 bridgehead atoms. The summed E-state index contributed by atoms with van der Waals surface area (Å²) in [6, 6.07) is 20.0. The zero-order valence-corrected chi connectivity index (χ0v) is 12.5. The molecule has 110 valence electrons. The summed E-state index contributed by atoms with van der Waals surface area (Å²) < 4.78 is 0. The standard InChI is InChI=1S/C18H22N2O/c1-14(13-19-2)18(21)20-17(15-9-5-3-6-10-15)16-11-7-4-8-12-16/h3-12,14,17,19H,13H2,1-2H3,(H,20,21). The zero-order valence-electron chi connectivity index (χ0n) is 12.5. The molecule has 3 heteroatoms. The highest BCUT2D eigenvalue weighted by molar-refractivity contribution is 5.79. The predicted octanol–water partition coefficient (Wildman–Crippen LogP) is 2.75. The van der Waals surface area contributed by atoms with Crippen molar-refractivity contribution in [2.45, 2.75) is 13.0 Å². The second-order valence-electron chi connectivity index (χ2n) is 5.22. The largest absolute Gasteiger partial charge is 0.345 e. The molecular formula is C18H22N2O. The number of carbonyl (C=O) groups is 1. The molecular weight excluding hydrogens is 260 g/mol. The molecule has 2 aromatic carbocycles. The van der Waals surface area contributed by atoms with Gasteiger partial charge in [0.25, 0.3) is 0 Å². The van der Waals surface area contributed by atoms with Crippen LogP contribution in [-0.2, 0) is 4.79 Å². The Morgan fingerprint density at radius 3 is 1.86 bits per heavy atom. The molecule has 0 radical (unpaired) electrons. The molecule has 0 heterocycles. The van der Waals surface area contributed by atoms with Gasteiger partial charge in [-0.3, -0.25) is 4.79 Å². The Balaban J connectivity index is 2.23. The van der Waals surface area contributed by atoms with E-state index >= 15 is 0 Å². The summed E-state index contributed by atoms with van der Waals surface area (Å²) in [4.78, 5) is 12.3. The highest BCUT2D eigenvalue weighted by atomic mass is 16.1. The van der Waals surface area contributed by atoms with Crippen LogP contribution in [-0.4, -0.2) is 19.5 Å². The van der Waals surface area contributed by atoms with E-state index in [0.717, 1.165) is 11.1 Å². The highest BCUT2D eigenvalue weighted by Gasteiger charge is 2.19. The Morgan fingerprint density at radius 1 is 0.952 bits per heavy atom. The molecule has 0 saturated carbocycles. The van der Waals surface area contributed by atoms with E-state index in [0.29, 0.717) is 6.54 Å². The second-order valence-corrected chi connectivity index (χ2v) is 5.22. The van der Waals surface area contributed by atoms with Gasteiger partial charge in [-0.25, -0.2) is 0 Å². The van der Waals surface area contributed by atoms with E-state index < -0.39 is 0 Å². The summed E-state index contributed by atoms with van der Waals surface area (Å²) >= 11 is 0. The minimum absolute atomic E-state index is 0.0575. The van der Waals surface area contributed by atoms with Crippen LogP contribution in [0.5, 0.6) is 0 Å². The number of benzene rings is 2. The van der Waals surface area contributed by atoms with Crippen LogP contribution in [0, 0.1) is 5.92 Å². The lowest BCUT2D eigenvalue weighted by molar-refractivity contribution is -0.124. The molecule has 1 atom stereocenters. The van der Waals surface area contributed by atoms with Crippen molar-refractivity contribution in [3.8, 4) is 0 Å². The van der Waals surface area contributed by atoms with Crippen molar-refractivity contribution >= 4 is 5.91 Å². The smallest absolute Gasteiger partial charge is 0.224 e. The number of hydrogen-bond acceptors (Lipinski definition) is 2. The van der Waals surface area contributed by atoms with Crippen molar-refractivity contribution in [1.29, 1.82) is 0 Å². The summed E-state index contributed by atoms with van der Waals surface area (Å²) in [6.07, 6.45) is 0. The molecule has 0 aromatic heterocycles. The van der Waals surface area contributed by atoms with E-state index in [2.05, 4.69) is 10.6 Å². The van der Waals surface area contributed by atoms with Crippen molar-refractivity contribution < 1.29 is 4.79 Å². The Kier molecular flexibility index (Phi) is 5.52. The van der Waals surface area contributed by atoms with E-state index in [1.165, 1.54) is 0 Å². The fourth-order valence-corrected chi connectivity index (χ4v) is 2.33. The van der Waals surface area contributed by atoms with Gasteiger partial charge in [0, 0.05) is 12.5 Å². The summed E-state index contributed by atoms with van der Waals surface area (Å²) in [5.41, 5.74) is 2.18. The number of amides is 1. The number of nitrogens with one attached hydrogen (secondary N) is 2. The molecule has 0 spiro atoms. The van der Waals surface area contributed by atoms with Gasteiger partial charge in [0.2, 0.25) is 5.91 Å². The van der Waals surface area contributed by atoms with Crippen LogP contribution in [0.4, 0.5) is 0 Å². The summed E-state index contributed by atoms with van der Waals surface area (Å²) in [5.74, 6) is -0.00743. The lowest BCUT2D eigenvalue weighted by atomic mass is 9.98. The molecule has 1 unspecified atom stereocenters. The molecule has 0 saturated heterocycles. The third-order valence-electron chi connectivity index (χ3n) is 3.51. The maximum absolute atomic E-state index is 12.3. The van der Waals surface area contributed by atoms with Crippen molar-refractivity contribution in [2.75, 3.05) is 13.6 Å². The first kappa shape index (κ1) is 15.3. The van der Waals surface area contributed by atoms with Gasteiger partial charge in [0.15, 0.2) is 0 Å². The lowest BCUT2D eigenvalue weighted by Crippen LogP contribution is -2.37. The Hall–Kier alpha value is -2.13. The monoisotopic (exact) mass is 282 g/mol. The maximum Gasteiger partial charge on any atom is 0.224 e. The van der Waals surface area contributed by atoms with Crippen LogP contribution in [0.3, 0.4) is 0 Å². The Bertz CT molecular complexity index is 514. The minimum atomic E-state index is -0.112. The third kappa shape index (κ3) is 4.17. The van der Waals surface area contributed by atoms with Crippen LogP contribution in [0.2, 0.25) is 0 Å². The average Bonchev–Trinajstić information content (AvgIpc) is 2.54. The molecule has 2 aromatic rings. The Labute approximate surface area is 126 Å². The van der Waals surface area contributed by atoms with Crippen LogP contribution < -0.4 is 10.6 Å². The predicted molar refractivity (Wildman–Crippen MR) is 86.0 cm³/mol. The second kappa shape index (κ2) is 7.60. The molecule has 21 heavy (non-hydrogen) atoms. The molecule has 0 fully saturated rings. The fraction of sp³-hybridized carbons (Fsp3) is 0.278. The van der Waals surface area contributed by atoms with Crippen LogP contribution in [0.25, 0.3) is 0 Å². The summed E-state index contributed by atoms with van der Waals surface area (Å²) in [5, 5.41) is 6.20. The van der Waals surface area contributed by atoms with Gasteiger partial charge in [-0.1, -0.05) is 67.6 Å². The summed E-state index contributed by atoms with van der Waals surface area (Å²) in [7, 11) is 1.86. The van der Waals surface area contributed by atoms with E-state index in [1.54, 1.807) is 0 Å². The molecule has 2 N–H and O–H groups in total. The molecule has 0 aliphatic carbocycles. The van der Waals surface area contributed by atoms with Crippen LogP contribution in [0.1, 0.15) is 24.1 Å². The SMILES string of the molecule is CNCC(C)C(=O)NC(c1ccccc1)c1ccccc1. The van der Waals surface area contributed by atoms with E-state index in [9.17, 15) is 4.79 Å². The molecule has 0 aliphatic rings. The summed E-state index contributed by atoms with van der Waals surface area (Å²) in [6.45, 7) is 2.60. The quantitative estimate of drug-likeness (QED) is 0.855. The maximum atomic E-state index is 12.3. The number of hydrogen-bond donors (Lipinski definition) is 2. The number of rotatable bonds is 6. The normalized spacial score (nSPS) is 12.1. The van der Waals surface area contributed by atoms with Gasteiger partial charge in [0.1, 0.15) is 0 Å². The van der Waals surface area contributed by atoms with Crippen LogP contribution in [0.15, 0.2) is 60.7 Å². The van der Waals surface area contributed by atoms with Crippen molar-refractivity contribution in [3.05, 3.63) is 71.8 Å². The highest BCUT2D eigenvalue weighted by Crippen LogP contribution is 2.22. The first-order chi connectivity index (χ1) is 10.2. The molecule has 1 amide bonds. The van der Waals surface area contributed by atoms with E-state index in [-0.39, 0.29) is 17.9 Å². The van der Waals surface area contributed by atoms with Crippen molar-refractivity contribution in [2.24, 2.45) is 5.92 Å². The molecule has 3 nitrogen and oxygen atoms in total. The van der Waals surface area contributed by atoms with E-state index in [1.807, 2.05) is 74.6 Å². The van der Waals surface area contributed by atoms with Gasteiger partial charge in [-0.05, 0) is 18.2 Å². The third-order valence-corrected chi connectivity index (χ3v) is 3.51. The molecule has 2 rings (SSSR count). The first-order valence-corrected chi connectivity index (χ1v) is 7.27. The molecule has 0 aliphatic heterocycles. The number of carbonyl (C=O) groups excluding carboxylic acids is 1. The first-order valence-electron chi connectivity index (χ1n) is 7.27. The van der Waals surface area contributed by atoms with Gasteiger partial charge in [-0.15, -0.1) is 0 Å². The minimum Gasteiger partial charge on any atom is -0.345 e. The zero-order chi connectivity index (χ0) is 15.1. The van der Waals surface area contributed by atoms with Crippen molar-refractivity contribution in [3.63, 3.8) is 0 Å². The van der Waals surface area contributed by atoms with E-state index in [4.69, 9.17) is 0 Å². The van der Waals surface area contributed by atoms with Gasteiger partial charge in [-0.2, -0.15) is 0 Å². The van der Waals surface area contributed by atoms with Gasteiger partial charge in [0.05, 0.1) is 6.04 Å². The Morgan fingerprint density at radius 2 is 1.43 bits per heavy atom. The topological polar surface area (TPSA) is 41.1 Å². The van der Waals surface area contributed by atoms with Crippen molar-refractivity contribution in [1.82, 2.24) is 10.6 Å². The van der Waals surface area contributed by atoms with Crippen LogP contribution >= 0.6 is 0 Å².